The molecule has 3 rings (SSSR count). The van der Waals surface area contributed by atoms with Crippen LogP contribution in [0.4, 0.5) is 14.5 Å². The number of carbonyl (C=O) groups excluding carboxylic acids is 1. The van der Waals surface area contributed by atoms with Crippen LogP contribution in [0.5, 0.6) is 0 Å². The Morgan fingerprint density at radius 1 is 1.11 bits per heavy atom. The number of rotatable bonds is 4. The Hall–Kier alpha value is -2.32. The Balaban J connectivity index is 1.72. The average molecular weight is 394 g/mol. The van der Waals surface area contributed by atoms with E-state index in [0.29, 0.717) is 19.4 Å². The number of hydrogen-bond acceptors (Lipinski definition) is 3. The summed E-state index contributed by atoms with van der Waals surface area (Å²) in [6.45, 7) is 2.26. The van der Waals surface area contributed by atoms with E-state index >= 15 is 0 Å². The van der Waals surface area contributed by atoms with E-state index in [1.54, 1.807) is 24.3 Å². The molecule has 1 heterocycles. The molecule has 0 radical (unpaired) electrons. The molecule has 0 saturated carbocycles. The van der Waals surface area contributed by atoms with Crippen molar-refractivity contribution in [1.82, 2.24) is 4.31 Å². The lowest BCUT2D eigenvalue weighted by atomic mass is 9.98. The third-order valence-electron chi connectivity index (χ3n) is 4.60. The Labute approximate surface area is 157 Å². The van der Waals surface area contributed by atoms with E-state index in [-0.39, 0.29) is 17.1 Å². The maximum absolute atomic E-state index is 13.3. The second kappa shape index (κ2) is 7.74. The minimum Gasteiger partial charge on any atom is -0.326 e. The quantitative estimate of drug-likeness (QED) is 0.865. The van der Waals surface area contributed by atoms with Crippen molar-refractivity contribution in [2.24, 2.45) is 5.92 Å². The van der Waals surface area contributed by atoms with Crippen LogP contribution in [-0.2, 0) is 14.8 Å². The summed E-state index contributed by atoms with van der Waals surface area (Å²) in [6, 6.07) is 9.65. The van der Waals surface area contributed by atoms with Crippen molar-refractivity contribution in [2.75, 3.05) is 18.4 Å². The van der Waals surface area contributed by atoms with E-state index in [9.17, 15) is 22.0 Å². The third-order valence-corrected chi connectivity index (χ3v) is 6.48. The monoisotopic (exact) mass is 394 g/mol. The molecule has 0 unspecified atom stereocenters. The molecule has 2 aromatic rings. The van der Waals surface area contributed by atoms with Crippen LogP contribution in [0.15, 0.2) is 47.4 Å². The molecule has 0 aromatic heterocycles. The molecule has 1 amide bonds. The van der Waals surface area contributed by atoms with E-state index in [1.807, 2.05) is 6.92 Å². The SMILES string of the molecule is Cc1ccc(S(=O)(=O)N2CCC[C@@H](C(=O)Nc3ccc(F)c(F)c3)C2)cc1. The van der Waals surface area contributed by atoms with Crippen molar-refractivity contribution in [1.29, 1.82) is 0 Å². The van der Waals surface area contributed by atoms with Crippen LogP contribution in [0, 0.1) is 24.5 Å². The third kappa shape index (κ3) is 4.33. The fourth-order valence-electron chi connectivity index (χ4n) is 3.05. The Kier molecular flexibility index (Phi) is 5.57. The van der Waals surface area contributed by atoms with Gasteiger partial charge in [-0.3, -0.25) is 4.79 Å². The summed E-state index contributed by atoms with van der Waals surface area (Å²) in [5.41, 5.74) is 1.09. The summed E-state index contributed by atoms with van der Waals surface area (Å²) >= 11 is 0. The molecule has 1 saturated heterocycles. The van der Waals surface area contributed by atoms with E-state index < -0.39 is 33.5 Å². The summed E-state index contributed by atoms with van der Waals surface area (Å²) in [5, 5.41) is 2.53. The van der Waals surface area contributed by atoms with Crippen molar-refractivity contribution in [3.63, 3.8) is 0 Å². The van der Waals surface area contributed by atoms with Gasteiger partial charge in [0.05, 0.1) is 10.8 Å². The molecular weight excluding hydrogens is 374 g/mol. The number of benzene rings is 2. The maximum atomic E-state index is 13.3. The van der Waals surface area contributed by atoms with Gasteiger partial charge < -0.3 is 5.32 Å². The van der Waals surface area contributed by atoms with Crippen LogP contribution < -0.4 is 5.32 Å². The molecule has 1 aliphatic heterocycles. The molecule has 8 heteroatoms. The van der Waals surface area contributed by atoms with Crippen LogP contribution in [0.2, 0.25) is 0 Å². The predicted octanol–water partition coefficient (Wildman–Crippen LogP) is 3.31. The molecule has 144 valence electrons. The first-order valence-corrected chi connectivity index (χ1v) is 10.0. The molecule has 5 nitrogen and oxygen atoms in total. The first-order chi connectivity index (χ1) is 12.8. The fourth-order valence-corrected chi connectivity index (χ4v) is 4.58. The van der Waals surface area contributed by atoms with Gasteiger partial charge in [-0.25, -0.2) is 17.2 Å². The normalized spacial score (nSPS) is 18.3. The molecule has 1 aliphatic rings. The van der Waals surface area contributed by atoms with Crippen LogP contribution >= 0.6 is 0 Å². The average Bonchev–Trinajstić information content (AvgIpc) is 2.65. The summed E-state index contributed by atoms with van der Waals surface area (Å²) in [4.78, 5) is 12.7. The van der Waals surface area contributed by atoms with Crippen LogP contribution in [0.25, 0.3) is 0 Å². The van der Waals surface area contributed by atoms with Gasteiger partial charge in [-0.1, -0.05) is 17.7 Å². The highest BCUT2D eigenvalue weighted by Crippen LogP contribution is 2.25. The number of nitrogens with one attached hydrogen (secondary N) is 1. The van der Waals surface area contributed by atoms with Gasteiger partial charge in [0.2, 0.25) is 15.9 Å². The molecule has 2 aromatic carbocycles. The minimum absolute atomic E-state index is 0.0473. The number of sulfonamides is 1. The number of carbonyl (C=O) groups is 1. The molecule has 27 heavy (non-hydrogen) atoms. The zero-order valence-corrected chi connectivity index (χ0v) is 15.6. The van der Waals surface area contributed by atoms with E-state index in [2.05, 4.69) is 5.32 Å². The van der Waals surface area contributed by atoms with Crippen molar-refractivity contribution >= 4 is 21.6 Å². The highest BCUT2D eigenvalue weighted by molar-refractivity contribution is 7.89. The number of halogens is 2. The minimum atomic E-state index is -3.69. The zero-order chi connectivity index (χ0) is 19.6. The molecule has 1 atom stereocenters. The van der Waals surface area contributed by atoms with Gasteiger partial charge in [0.15, 0.2) is 11.6 Å². The van der Waals surface area contributed by atoms with Gasteiger partial charge in [-0.15, -0.1) is 0 Å². The van der Waals surface area contributed by atoms with E-state index in [4.69, 9.17) is 0 Å². The Morgan fingerprint density at radius 3 is 2.48 bits per heavy atom. The fraction of sp³-hybridized carbons (Fsp3) is 0.316. The largest absolute Gasteiger partial charge is 0.326 e. The smallest absolute Gasteiger partial charge is 0.243 e. The van der Waals surface area contributed by atoms with Gasteiger partial charge in [-0.05, 0) is 44.0 Å². The molecule has 1 fully saturated rings. The van der Waals surface area contributed by atoms with Crippen LogP contribution in [0.1, 0.15) is 18.4 Å². The van der Waals surface area contributed by atoms with Gasteiger partial charge in [-0.2, -0.15) is 4.31 Å². The Morgan fingerprint density at radius 2 is 1.81 bits per heavy atom. The topological polar surface area (TPSA) is 66.5 Å². The zero-order valence-electron chi connectivity index (χ0n) is 14.8. The van der Waals surface area contributed by atoms with Gasteiger partial charge >= 0.3 is 0 Å². The van der Waals surface area contributed by atoms with Crippen molar-refractivity contribution < 1.29 is 22.0 Å². The second-order valence-corrected chi connectivity index (χ2v) is 8.57. The number of aryl methyl sites for hydroxylation is 1. The number of piperidine rings is 1. The lowest BCUT2D eigenvalue weighted by Gasteiger charge is -2.31. The van der Waals surface area contributed by atoms with Crippen LogP contribution in [0.3, 0.4) is 0 Å². The van der Waals surface area contributed by atoms with Gasteiger partial charge in [0.1, 0.15) is 0 Å². The van der Waals surface area contributed by atoms with E-state index in [1.165, 1.54) is 10.4 Å². The number of nitrogens with zero attached hydrogens (tertiary/aromatic N) is 1. The molecule has 0 spiro atoms. The van der Waals surface area contributed by atoms with Crippen molar-refractivity contribution in [3.8, 4) is 0 Å². The first kappa shape index (κ1) is 19.4. The second-order valence-electron chi connectivity index (χ2n) is 6.63. The summed E-state index contributed by atoms with van der Waals surface area (Å²) in [5.74, 6) is -3.03. The van der Waals surface area contributed by atoms with E-state index in [0.717, 1.165) is 17.7 Å². The van der Waals surface area contributed by atoms with Gasteiger partial charge in [0, 0.05) is 24.8 Å². The van der Waals surface area contributed by atoms with Crippen LogP contribution in [-0.4, -0.2) is 31.7 Å². The summed E-state index contributed by atoms with van der Waals surface area (Å²) in [6.07, 6.45) is 1.07. The molecule has 1 N–H and O–H groups in total. The van der Waals surface area contributed by atoms with Crippen molar-refractivity contribution in [3.05, 3.63) is 59.7 Å². The predicted molar refractivity (Wildman–Crippen MR) is 97.6 cm³/mol. The summed E-state index contributed by atoms with van der Waals surface area (Å²) < 4.78 is 53.2. The molecular formula is C19H20F2N2O3S. The highest BCUT2D eigenvalue weighted by Gasteiger charge is 2.33. The number of hydrogen-bond donors (Lipinski definition) is 1. The Bertz CT molecular complexity index is 946. The highest BCUT2D eigenvalue weighted by atomic mass is 32.2. The summed E-state index contributed by atoms with van der Waals surface area (Å²) in [7, 11) is -3.69. The lowest BCUT2D eigenvalue weighted by Crippen LogP contribution is -2.43. The van der Waals surface area contributed by atoms with Crippen molar-refractivity contribution in [2.45, 2.75) is 24.7 Å². The lowest BCUT2D eigenvalue weighted by molar-refractivity contribution is -0.120. The molecule has 0 aliphatic carbocycles. The first-order valence-electron chi connectivity index (χ1n) is 8.60. The standard InChI is InChI=1S/C19H20F2N2O3S/c1-13-4-7-16(8-5-13)27(25,26)23-10-2-3-14(12-23)19(24)22-15-6-9-17(20)18(21)11-15/h4-9,11,14H,2-3,10,12H2,1H3,(H,22,24)/t14-/m1/s1. The number of anilines is 1. The maximum Gasteiger partial charge on any atom is 0.243 e. The number of amides is 1. The van der Waals surface area contributed by atoms with Gasteiger partial charge in [0.25, 0.3) is 0 Å². The molecule has 0 bridgehead atoms.